The lowest BCUT2D eigenvalue weighted by molar-refractivity contribution is 0.0226. The molecule has 2 aliphatic heterocycles. The number of fused-ring (bicyclic) bond motifs is 6. The first-order valence-corrected chi connectivity index (χ1v) is 10.2. The van der Waals surface area contributed by atoms with Crippen LogP contribution in [0.15, 0.2) is 91.0 Å². The molecule has 4 nitrogen and oxygen atoms in total. The van der Waals surface area contributed by atoms with E-state index in [4.69, 9.17) is 9.47 Å². The van der Waals surface area contributed by atoms with E-state index in [1.165, 1.54) is 0 Å². The van der Waals surface area contributed by atoms with Gasteiger partial charge in [-0.1, -0.05) is 60.7 Å². The Bertz CT molecular complexity index is 1300. The second-order valence-corrected chi connectivity index (χ2v) is 7.84. The van der Waals surface area contributed by atoms with Crippen molar-refractivity contribution in [2.75, 3.05) is 5.32 Å². The van der Waals surface area contributed by atoms with Crippen LogP contribution in [0.3, 0.4) is 0 Å². The quantitative estimate of drug-likeness (QED) is 0.397. The Hall–Kier alpha value is -4.05. The maximum absolute atomic E-state index is 13.2. The zero-order chi connectivity index (χ0) is 21.0. The highest BCUT2D eigenvalue weighted by molar-refractivity contribution is 6.00. The molecule has 4 heteroatoms. The van der Waals surface area contributed by atoms with E-state index in [-0.39, 0.29) is 5.97 Å². The molecule has 0 fully saturated rings. The van der Waals surface area contributed by atoms with Crippen LogP contribution < -0.4 is 10.1 Å². The van der Waals surface area contributed by atoms with Gasteiger partial charge in [0.15, 0.2) is 5.60 Å². The summed E-state index contributed by atoms with van der Waals surface area (Å²) in [7, 11) is 0. The summed E-state index contributed by atoms with van der Waals surface area (Å²) in [4.78, 5) is 13.2. The fourth-order valence-electron chi connectivity index (χ4n) is 4.65. The molecule has 150 valence electrons. The van der Waals surface area contributed by atoms with Gasteiger partial charge >= 0.3 is 5.97 Å². The van der Waals surface area contributed by atoms with Gasteiger partial charge in [-0.2, -0.15) is 0 Å². The molecule has 1 spiro atoms. The molecule has 6 rings (SSSR count). The number of anilines is 2. The Morgan fingerprint density at radius 2 is 1.35 bits per heavy atom. The Balaban J connectivity index is 1.70. The van der Waals surface area contributed by atoms with E-state index >= 15 is 0 Å². The van der Waals surface area contributed by atoms with Crippen LogP contribution in [0.25, 0.3) is 0 Å². The van der Waals surface area contributed by atoms with Crippen molar-refractivity contribution < 1.29 is 14.3 Å². The van der Waals surface area contributed by atoms with E-state index in [0.29, 0.717) is 17.1 Å². The van der Waals surface area contributed by atoms with Gasteiger partial charge in [-0.3, -0.25) is 0 Å². The number of rotatable bonds is 2. The van der Waals surface area contributed by atoms with Crippen molar-refractivity contribution in [1.82, 2.24) is 0 Å². The minimum atomic E-state index is -1.08. The standard InChI is InChI=1S/C27H19NO3/c1-17-15-16-19-24(25(17)28-18-9-3-2-4-10-18)27(31-26(19)29)20-11-5-7-13-22(20)30-23-14-8-6-12-21(23)27/h2-16,28H,1H3. The summed E-state index contributed by atoms with van der Waals surface area (Å²) in [6, 6.07) is 29.3. The Labute approximate surface area is 180 Å². The summed E-state index contributed by atoms with van der Waals surface area (Å²) >= 11 is 0. The number of carbonyl (C=O) groups excluding carboxylic acids is 1. The maximum Gasteiger partial charge on any atom is 0.340 e. The van der Waals surface area contributed by atoms with Crippen LogP contribution in [0.2, 0.25) is 0 Å². The van der Waals surface area contributed by atoms with Gasteiger partial charge in [0.25, 0.3) is 0 Å². The van der Waals surface area contributed by atoms with E-state index in [9.17, 15) is 4.79 Å². The van der Waals surface area contributed by atoms with Crippen molar-refractivity contribution in [1.29, 1.82) is 0 Å². The summed E-state index contributed by atoms with van der Waals surface area (Å²) in [5.41, 5.74) is 4.80. The maximum atomic E-state index is 13.2. The highest BCUT2D eigenvalue weighted by Crippen LogP contribution is 2.58. The first-order chi connectivity index (χ1) is 15.2. The molecule has 0 aromatic heterocycles. The van der Waals surface area contributed by atoms with Crippen LogP contribution in [0.4, 0.5) is 11.4 Å². The van der Waals surface area contributed by atoms with E-state index in [1.54, 1.807) is 0 Å². The molecule has 0 radical (unpaired) electrons. The van der Waals surface area contributed by atoms with E-state index in [2.05, 4.69) is 5.32 Å². The van der Waals surface area contributed by atoms with Crippen molar-refractivity contribution in [3.63, 3.8) is 0 Å². The van der Waals surface area contributed by atoms with Gasteiger partial charge in [0.2, 0.25) is 0 Å². The van der Waals surface area contributed by atoms with Crippen molar-refractivity contribution in [2.45, 2.75) is 12.5 Å². The molecule has 0 amide bonds. The lowest BCUT2D eigenvalue weighted by Gasteiger charge is -2.37. The second-order valence-electron chi connectivity index (χ2n) is 7.84. The normalized spacial score (nSPS) is 14.8. The van der Waals surface area contributed by atoms with Crippen LogP contribution in [0.5, 0.6) is 11.5 Å². The highest BCUT2D eigenvalue weighted by atomic mass is 16.6. The molecular weight excluding hydrogens is 386 g/mol. The van der Waals surface area contributed by atoms with E-state index in [1.807, 2.05) is 97.9 Å². The summed E-state index contributed by atoms with van der Waals surface area (Å²) in [5, 5.41) is 3.55. The molecule has 0 aliphatic carbocycles. The molecule has 0 saturated carbocycles. The molecule has 4 aromatic rings. The third kappa shape index (κ3) is 2.45. The third-order valence-corrected chi connectivity index (χ3v) is 6.03. The van der Waals surface area contributed by atoms with Crippen molar-refractivity contribution in [3.8, 4) is 11.5 Å². The number of ether oxygens (including phenoxy) is 2. The third-order valence-electron chi connectivity index (χ3n) is 6.03. The number of esters is 1. The Kier molecular flexibility index (Phi) is 3.71. The highest BCUT2D eigenvalue weighted by Gasteiger charge is 2.55. The number of benzene rings is 4. The lowest BCUT2D eigenvalue weighted by atomic mass is 9.76. The SMILES string of the molecule is Cc1ccc2c(c1Nc1ccccc1)C1(OC2=O)c2ccccc2Oc2ccccc21. The number of nitrogens with one attached hydrogen (secondary N) is 1. The molecular formula is C27H19NO3. The minimum Gasteiger partial charge on any atom is -0.456 e. The predicted octanol–water partition coefficient (Wildman–Crippen LogP) is 6.31. The van der Waals surface area contributed by atoms with Crippen LogP contribution in [0.1, 0.15) is 32.6 Å². The average Bonchev–Trinajstić information content (AvgIpc) is 3.10. The van der Waals surface area contributed by atoms with Crippen molar-refractivity contribution >= 4 is 17.3 Å². The molecule has 0 bridgehead atoms. The van der Waals surface area contributed by atoms with Crippen LogP contribution in [-0.2, 0) is 10.3 Å². The first kappa shape index (κ1) is 17.8. The second kappa shape index (κ2) is 6.47. The van der Waals surface area contributed by atoms with Crippen molar-refractivity contribution in [2.24, 2.45) is 0 Å². The summed E-state index contributed by atoms with van der Waals surface area (Å²) in [5.74, 6) is 1.04. The molecule has 0 saturated heterocycles. The smallest absolute Gasteiger partial charge is 0.340 e. The number of hydrogen-bond acceptors (Lipinski definition) is 4. The van der Waals surface area contributed by atoms with Gasteiger partial charge < -0.3 is 14.8 Å². The number of hydrogen-bond donors (Lipinski definition) is 1. The first-order valence-electron chi connectivity index (χ1n) is 10.2. The molecule has 2 aliphatic rings. The van der Waals surface area contributed by atoms with Gasteiger partial charge in [-0.15, -0.1) is 0 Å². The zero-order valence-electron chi connectivity index (χ0n) is 16.9. The Morgan fingerprint density at radius 1 is 0.742 bits per heavy atom. The van der Waals surface area contributed by atoms with Gasteiger partial charge in [-0.25, -0.2) is 4.79 Å². The predicted molar refractivity (Wildman–Crippen MR) is 119 cm³/mol. The fourth-order valence-corrected chi connectivity index (χ4v) is 4.65. The molecule has 31 heavy (non-hydrogen) atoms. The molecule has 0 atom stereocenters. The number of carbonyl (C=O) groups is 1. The summed E-state index contributed by atoms with van der Waals surface area (Å²) in [6.45, 7) is 2.04. The zero-order valence-corrected chi connectivity index (χ0v) is 16.9. The lowest BCUT2D eigenvalue weighted by Crippen LogP contribution is -2.33. The van der Waals surface area contributed by atoms with Crippen molar-refractivity contribution in [3.05, 3.63) is 119 Å². The van der Waals surface area contributed by atoms with Gasteiger partial charge in [0, 0.05) is 22.4 Å². The number of aryl methyl sites for hydroxylation is 1. The van der Waals surface area contributed by atoms with E-state index < -0.39 is 5.60 Å². The molecule has 0 unspecified atom stereocenters. The topological polar surface area (TPSA) is 47.6 Å². The molecule has 2 heterocycles. The largest absolute Gasteiger partial charge is 0.456 e. The molecule has 4 aromatic carbocycles. The fraction of sp³-hybridized carbons (Fsp3) is 0.0741. The summed E-state index contributed by atoms with van der Waals surface area (Å²) < 4.78 is 12.5. The van der Waals surface area contributed by atoms with Crippen LogP contribution in [0, 0.1) is 6.92 Å². The van der Waals surface area contributed by atoms with Crippen LogP contribution in [-0.4, -0.2) is 5.97 Å². The Morgan fingerprint density at radius 3 is 2.03 bits per heavy atom. The average molecular weight is 405 g/mol. The van der Waals surface area contributed by atoms with Gasteiger partial charge in [-0.05, 0) is 42.8 Å². The monoisotopic (exact) mass is 405 g/mol. The van der Waals surface area contributed by atoms with Gasteiger partial charge in [0.1, 0.15) is 11.5 Å². The summed E-state index contributed by atoms with van der Waals surface area (Å²) in [6.07, 6.45) is 0. The molecule has 1 N–H and O–H groups in total. The minimum absolute atomic E-state index is 0.336. The number of para-hydroxylation sites is 3. The van der Waals surface area contributed by atoms with Crippen LogP contribution >= 0.6 is 0 Å². The van der Waals surface area contributed by atoms with E-state index in [0.717, 1.165) is 33.6 Å². The van der Waals surface area contributed by atoms with Gasteiger partial charge in [0.05, 0.1) is 11.3 Å².